The van der Waals surface area contributed by atoms with Gasteiger partial charge in [-0.05, 0) is 30.7 Å². The molecule has 1 aromatic carbocycles. The Morgan fingerprint density at radius 3 is 2.83 bits per heavy atom. The molecule has 1 heterocycles. The van der Waals surface area contributed by atoms with Crippen LogP contribution in [-0.4, -0.2) is 37.1 Å². The van der Waals surface area contributed by atoms with Crippen LogP contribution in [0.15, 0.2) is 18.2 Å². The number of anilines is 2. The van der Waals surface area contributed by atoms with Crippen LogP contribution in [0.3, 0.4) is 0 Å². The molecule has 1 aliphatic rings. The summed E-state index contributed by atoms with van der Waals surface area (Å²) in [5, 5.41) is 8.76. The number of carboxylic acids is 1. The summed E-state index contributed by atoms with van der Waals surface area (Å²) in [5.41, 5.74) is 2.73. The SMILES string of the molecule is CCN1C(=O)Cc2cc(N(C)CC(=O)O)ccc21. The van der Waals surface area contributed by atoms with Crippen molar-refractivity contribution >= 4 is 23.3 Å². The van der Waals surface area contributed by atoms with Gasteiger partial charge in [-0.2, -0.15) is 0 Å². The van der Waals surface area contributed by atoms with Crippen LogP contribution >= 0.6 is 0 Å². The summed E-state index contributed by atoms with van der Waals surface area (Å²) in [6, 6.07) is 5.63. The number of carbonyl (C=O) groups is 2. The second-order valence-electron chi connectivity index (χ2n) is 4.38. The van der Waals surface area contributed by atoms with E-state index in [9.17, 15) is 9.59 Å². The van der Waals surface area contributed by atoms with Crippen molar-refractivity contribution < 1.29 is 14.7 Å². The topological polar surface area (TPSA) is 60.9 Å². The minimum absolute atomic E-state index is 0.0514. The van der Waals surface area contributed by atoms with Crippen LogP contribution in [0, 0.1) is 0 Å². The average molecular weight is 248 g/mol. The zero-order valence-corrected chi connectivity index (χ0v) is 10.5. The third-order valence-corrected chi connectivity index (χ3v) is 3.13. The molecule has 0 bridgehead atoms. The molecule has 1 aromatic rings. The molecule has 96 valence electrons. The summed E-state index contributed by atoms with van der Waals surface area (Å²) in [7, 11) is 1.73. The maximum absolute atomic E-state index is 11.7. The normalized spacial score (nSPS) is 13.7. The lowest BCUT2D eigenvalue weighted by Crippen LogP contribution is -2.26. The van der Waals surface area contributed by atoms with Gasteiger partial charge in [0.1, 0.15) is 6.54 Å². The summed E-state index contributed by atoms with van der Waals surface area (Å²) in [6.07, 6.45) is 0.401. The molecule has 0 atom stereocenters. The van der Waals surface area contributed by atoms with Crippen molar-refractivity contribution in [2.24, 2.45) is 0 Å². The zero-order chi connectivity index (χ0) is 13.3. The molecule has 0 saturated carbocycles. The number of benzene rings is 1. The van der Waals surface area contributed by atoms with Gasteiger partial charge in [0.2, 0.25) is 5.91 Å². The van der Waals surface area contributed by atoms with Gasteiger partial charge in [-0.1, -0.05) is 0 Å². The van der Waals surface area contributed by atoms with E-state index in [1.165, 1.54) is 0 Å². The molecule has 0 aliphatic carbocycles. The Hall–Kier alpha value is -2.04. The molecular formula is C13H16N2O3. The number of rotatable bonds is 4. The predicted molar refractivity (Wildman–Crippen MR) is 69.1 cm³/mol. The van der Waals surface area contributed by atoms with Crippen LogP contribution in [0.1, 0.15) is 12.5 Å². The number of likely N-dealkylation sites (N-methyl/N-ethyl adjacent to an activating group) is 2. The summed E-state index contributed by atoms with van der Waals surface area (Å²) in [5.74, 6) is -0.769. The first-order valence-electron chi connectivity index (χ1n) is 5.89. The molecule has 0 fully saturated rings. The highest BCUT2D eigenvalue weighted by molar-refractivity contribution is 6.01. The van der Waals surface area contributed by atoms with E-state index in [-0.39, 0.29) is 12.5 Å². The standard InChI is InChI=1S/C13H16N2O3/c1-3-15-11-5-4-10(14(2)8-13(17)18)6-9(11)7-12(15)16/h4-6H,3,7-8H2,1-2H3,(H,17,18). The highest BCUT2D eigenvalue weighted by atomic mass is 16.4. The van der Waals surface area contributed by atoms with Crippen LogP contribution in [0.4, 0.5) is 11.4 Å². The minimum atomic E-state index is -0.871. The number of aliphatic carboxylic acids is 1. The van der Waals surface area contributed by atoms with Crippen LogP contribution < -0.4 is 9.80 Å². The Bertz CT molecular complexity index is 499. The lowest BCUT2D eigenvalue weighted by Gasteiger charge is -2.19. The van der Waals surface area contributed by atoms with Gasteiger partial charge in [-0.15, -0.1) is 0 Å². The maximum atomic E-state index is 11.7. The van der Waals surface area contributed by atoms with Crippen molar-refractivity contribution in [1.29, 1.82) is 0 Å². The molecule has 18 heavy (non-hydrogen) atoms. The van der Waals surface area contributed by atoms with E-state index in [4.69, 9.17) is 5.11 Å². The fourth-order valence-electron chi connectivity index (χ4n) is 2.25. The van der Waals surface area contributed by atoms with Crippen molar-refractivity contribution in [3.05, 3.63) is 23.8 Å². The molecule has 0 aromatic heterocycles. The molecular weight excluding hydrogens is 232 g/mol. The molecule has 0 spiro atoms. The summed E-state index contributed by atoms with van der Waals surface area (Å²) in [4.78, 5) is 25.8. The van der Waals surface area contributed by atoms with Crippen LogP contribution in [-0.2, 0) is 16.0 Å². The lowest BCUT2D eigenvalue weighted by molar-refractivity contribution is -0.135. The zero-order valence-electron chi connectivity index (χ0n) is 10.5. The number of carbonyl (C=O) groups excluding carboxylic acids is 1. The van der Waals surface area contributed by atoms with Crippen molar-refractivity contribution in [2.75, 3.05) is 29.9 Å². The highest BCUT2D eigenvalue weighted by Gasteiger charge is 2.26. The number of hydrogen-bond acceptors (Lipinski definition) is 3. The number of carboxylic acid groups (broad SMARTS) is 1. The molecule has 0 unspecified atom stereocenters. The van der Waals surface area contributed by atoms with Gasteiger partial charge in [0, 0.05) is 25.0 Å². The molecule has 5 heteroatoms. The summed E-state index contributed by atoms with van der Waals surface area (Å²) in [6.45, 7) is 2.55. The quantitative estimate of drug-likeness (QED) is 0.867. The number of hydrogen-bond donors (Lipinski definition) is 1. The van der Waals surface area contributed by atoms with Gasteiger partial charge in [0.15, 0.2) is 0 Å². The minimum Gasteiger partial charge on any atom is -0.480 e. The van der Waals surface area contributed by atoms with Gasteiger partial charge in [0.25, 0.3) is 0 Å². The molecule has 1 amide bonds. The second-order valence-corrected chi connectivity index (χ2v) is 4.38. The van der Waals surface area contributed by atoms with E-state index in [1.807, 2.05) is 25.1 Å². The highest BCUT2D eigenvalue weighted by Crippen LogP contribution is 2.31. The van der Waals surface area contributed by atoms with Crippen LogP contribution in [0.25, 0.3) is 0 Å². The smallest absolute Gasteiger partial charge is 0.323 e. The molecule has 0 saturated heterocycles. The van der Waals surface area contributed by atoms with Gasteiger partial charge >= 0.3 is 5.97 Å². The Labute approximate surface area is 106 Å². The van der Waals surface area contributed by atoms with E-state index in [2.05, 4.69) is 0 Å². The van der Waals surface area contributed by atoms with Crippen LogP contribution in [0.5, 0.6) is 0 Å². The first kappa shape index (κ1) is 12.4. The Kier molecular flexibility index (Phi) is 3.23. The number of nitrogens with zero attached hydrogens (tertiary/aromatic N) is 2. The van der Waals surface area contributed by atoms with E-state index >= 15 is 0 Å². The summed E-state index contributed by atoms with van der Waals surface area (Å²) < 4.78 is 0. The molecule has 1 aliphatic heterocycles. The fraction of sp³-hybridized carbons (Fsp3) is 0.385. The van der Waals surface area contributed by atoms with Gasteiger partial charge in [-0.25, -0.2) is 0 Å². The fourth-order valence-corrected chi connectivity index (χ4v) is 2.25. The first-order chi connectivity index (χ1) is 8.52. The molecule has 0 radical (unpaired) electrons. The van der Waals surface area contributed by atoms with Crippen molar-refractivity contribution in [2.45, 2.75) is 13.3 Å². The molecule has 2 rings (SSSR count). The summed E-state index contributed by atoms with van der Waals surface area (Å²) >= 11 is 0. The Morgan fingerprint density at radius 2 is 2.22 bits per heavy atom. The third-order valence-electron chi connectivity index (χ3n) is 3.13. The van der Waals surface area contributed by atoms with Crippen LogP contribution in [0.2, 0.25) is 0 Å². The van der Waals surface area contributed by atoms with E-state index in [0.29, 0.717) is 13.0 Å². The Morgan fingerprint density at radius 1 is 1.50 bits per heavy atom. The van der Waals surface area contributed by atoms with Gasteiger partial charge in [-0.3, -0.25) is 9.59 Å². The third kappa shape index (κ3) is 2.16. The van der Waals surface area contributed by atoms with Crippen molar-refractivity contribution in [1.82, 2.24) is 0 Å². The van der Waals surface area contributed by atoms with E-state index in [1.54, 1.807) is 16.8 Å². The second kappa shape index (κ2) is 4.68. The number of fused-ring (bicyclic) bond motifs is 1. The average Bonchev–Trinajstić information content (AvgIpc) is 2.62. The molecule has 5 nitrogen and oxygen atoms in total. The number of amides is 1. The largest absolute Gasteiger partial charge is 0.480 e. The Balaban J connectivity index is 2.27. The van der Waals surface area contributed by atoms with Crippen molar-refractivity contribution in [3.8, 4) is 0 Å². The maximum Gasteiger partial charge on any atom is 0.323 e. The van der Waals surface area contributed by atoms with Crippen molar-refractivity contribution in [3.63, 3.8) is 0 Å². The molecule has 1 N–H and O–H groups in total. The monoisotopic (exact) mass is 248 g/mol. The van der Waals surface area contributed by atoms with Gasteiger partial charge in [0.05, 0.1) is 6.42 Å². The van der Waals surface area contributed by atoms with Gasteiger partial charge < -0.3 is 14.9 Å². The predicted octanol–water partition coefficient (Wildman–Crippen LogP) is 1.12. The first-order valence-corrected chi connectivity index (χ1v) is 5.89. The van der Waals surface area contributed by atoms with E-state index < -0.39 is 5.97 Å². The lowest BCUT2D eigenvalue weighted by atomic mass is 10.1. The van der Waals surface area contributed by atoms with E-state index in [0.717, 1.165) is 16.9 Å².